The zero-order valence-corrected chi connectivity index (χ0v) is 30.6. The molecule has 0 aliphatic heterocycles. The molecule has 4 aromatic heterocycles. The molecule has 8 aromatic rings. The molecule has 17 heteroatoms. The second-order valence-electron chi connectivity index (χ2n) is 9.84. The molecule has 55 heavy (non-hydrogen) atoms. The van der Waals surface area contributed by atoms with Crippen LogP contribution in [-0.4, -0.2) is 73.6 Å². The van der Waals surface area contributed by atoms with E-state index in [2.05, 4.69) is 183 Å². The molecule has 4 heterocycles. The number of benzene rings is 4. The zero-order valence-electron chi connectivity index (χ0n) is 29.7. The summed E-state index contributed by atoms with van der Waals surface area (Å²) in [6, 6.07) is 42.6. The van der Waals surface area contributed by atoms with Gasteiger partial charge < -0.3 is 19.8 Å². The number of carboxylic acids is 2. The Labute approximate surface area is 327 Å². The molecule has 0 aliphatic rings. The van der Waals surface area contributed by atoms with Crippen molar-refractivity contribution in [3.63, 3.8) is 0 Å². The Balaban J connectivity index is 0.000000417. The van der Waals surface area contributed by atoms with E-state index in [9.17, 15) is 0 Å². The minimum Gasteiger partial charge on any atom is -0.550 e. The maximum absolute atomic E-state index is 8.89. The van der Waals surface area contributed by atoms with Gasteiger partial charge in [-0.2, -0.15) is 0 Å². The van der Waals surface area contributed by atoms with Crippen LogP contribution in [0.5, 0.6) is 0 Å². The summed E-state index contributed by atoms with van der Waals surface area (Å²) in [4.78, 5) is 17.8. The average molecular weight is 790 g/mol. The van der Waals surface area contributed by atoms with Gasteiger partial charge in [0, 0.05) is 36.7 Å². The number of aliphatic carboxylic acids is 2. The van der Waals surface area contributed by atoms with Crippen molar-refractivity contribution in [3.05, 3.63) is 193 Å². The molecule has 0 atom stereocenters. The normalized spacial score (nSPS) is 8.69. The van der Waals surface area contributed by atoms with Crippen molar-refractivity contribution in [2.24, 2.45) is 0 Å². The molecule has 0 unspecified atom stereocenters. The fraction of sp³-hybridized carbons (Fsp3) is 0.0526. The van der Waals surface area contributed by atoms with E-state index in [1.54, 1.807) is 49.6 Å². The van der Waals surface area contributed by atoms with Gasteiger partial charge in [-0.25, -0.2) is 0 Å². The second kappa shape index (κ2) is 30.3. The van der Waals surface area contributed by atoms with E-state index >= 15 is 0 Å². The minimum atomic E-state index is -1.08. The van der Waals surface area contributed by atoms with Gasteiger partial charge in [0.25, 0.3) is 0 Å². The third kappa shape index (κ3) is 22.2. The van der Waals surface area contributed by atoms with E-state index in [0.717, 1.165) is 13.8 Å². The van der Waals surface area contributed by atoms with Gasteiger partial charge in [-0.3, -0.25) is 20.4 Å². The molecule has 16 nitrogen and oxygen atoms in total. The minimum absolute atomic E-state index is 0. The van der Waals surface area contributed by atoms with E-state index in [-0.39, 0.29) is 17.1 Å². The predicted octanol–water partition coefficient (Wildman–Crippen LogP) is 3.42. The van der Waals surface area contributed by atoms with Gasteiger partial charge >= 0.3 is 17.1 Å². The first-order chi connectivity index (χ1) is 26.4. The van der Waals surface area contributed by atoms with Gasteiger partial charge in [0.05, 0.1) is 24.8 Å². The first-order valence-electron chi connectivity index (χ1n) is 15.9. The van der Waals surface area contributed by atoms with Crippen LogP contribution < -0.4 is 10.2 Å². The summed E-state index contributed by atoms with van der Waals surface area (Å²) in [7, 11) is 0. The summed E-state index contributed by atoms with van der Waals surface area (Å²) >= 11 is 0. The Kier molecular flexibility index (Phi) is 25.1. The van der Waals surface area contributed by atoms with Crippen molar-refractivity contribution in [3.8, 4) is 0 Å². The average Bonchev–Trinajstić information content (AvgIpc) is 4.05. The zero-order chi connectivity index (χ0) is 38.9. The fourth-order valence-electron chi connectivity index (χ4n) is 4.00. The number of hydrogen-bond acceptors (Lipinski definition) is 12. The number of aromatic nitrogens is 12. The molecule has 1 radical (unpaired) electrons. The van der Waals surface area contributed by atoms with Crippen LogP contribution in [-0.2, 0) is 26.7 Å². The van der Waals surface area contributed by atoms with Crippen LogP contribution in [0.3, 0.4) is 0 Å². The van der Waals surface area contributed by atoms with Crippen LogP contribution in [0, 0.1) is 0 Å². The van der Waals surface area contributed by atoms with Crippen molar-refractivity contribution in [1.29, 1.82) is 0 Å². The van der Waals surface area contributed by atoms with Gasteiger partial charge in [-0.15, -0.1) is 20.4 Å². The Morgan fingerprint density at radius 3 is 0.691 bits per heavy atom. The maximum atomic E-state index is 8.89. The smallest absolute Gasteiger partial charge is 0.550 e. The van der Waals surface area contributed by atoms with Crippen molar-refractivity contribution < 1.29 is 36.9 Å². The van der Waals surface area contributed by atoms with Gasteiger partial charge in [0.1, 0.15) is 0 Å². The molecule has 0 spiro atoms. The molecule has 285 valence electrons. The Morgan fingerprint density at radius 2 is 0.582 bits per heavy atom. The molecule has 4 N–H and O–H groups in total. The number of hydrogen-bond donors (Lipinski definition) is 4. The third-order valence-electron chi connectivity index (χ3n) is 5.82. The first kappa shape index (κ1) is 45.7. The molecule has 0 fully saturated rings. The molecule has 0 saturated heterocycles. The monoisotopic (exact) mass is 789 g/mol. The Hall–Kier alpha value is -7.36. The molecule has 0 aliphatic carbocycles. The van der Waals surface area contributed by atoms with Crippen LogP contribution in [0.4, 0.5) is 0 Å². The number of carboxylic acid groups (broad SMARTS) is 2. The van der Waals surface area contributed by atoms with Gasteiger partial charge in [-0.1, -0.05) is 142 Å². The van der Waals surface area contributed by atoms with Crippen molar-refractivity contribution in [2.75, 3.05) is 0 Å². The summed E-state index contributed by atoms with van der Waals surface area (Å²) < 4.78 is 0. The second-order valence-corrected chi connectivity index (χ2v) is 9.84. The number of carbonyl (C=O) groups is 2. The number of nitrogens with zero attached hydrogens (tertiary/aromatic N) is 8. The summed E-state index contributed by atoms with van der Waals surface area (Å²) in [5, 5.41) is 54.8. The topological polar surface area (TPSA) is 247 Å². The molecule has 0 saturated carbocycles. The number of rotatable bonds is 4. The summed E-state index contributed by atoms with van der Waals surface area (Å²) in [5.41, 5.74) is 7.40. The molecular formula is C38H38CuN12O4. The fourth-order valence-corrected chi connectivity index (χ4v) is 4.00. The van der Waals surface area contributed by atoms with Crippen LogP contribution in [0.2, 0.25) is 0 Å². The van der Waals surface area contributed by atoms with E-state index in [1.165, 1.54) is 33.4 Å². The van der Waals surface area contributed by atoms with Crippen LogP contribution in [0.25, 0.3) is 11.1 Å². The Morgan fingerprint density at radius 1 is 0.400 bits per heavy atom. The summed E-state index contributed by atoms with van der Waals surface area (Å²) in [6.07, 6.45) is 12.9. The molecular weight excluding hydrogens is 752 g/mol. The van der Waals surface area contributed by atoms with Crippen molar-refractivity contribution >= 4 is 23.1 Å². The van der Waals surface area contributed by atoms with E-state index in [0.29, 0.717) is 0 Å². The number of nitrogens with one attached hydrogen (secondary N) is 4. The van der Waals surface area contributed by atoms with Gasteiger partial charge in [0.2, 0.25) is 0 Å². The quantitative estimate of drug-likeness (QED) is 0.148. The number of aromatic amines is 4. The predicted molar refractivity (Wildman–Crippen MR) is 198 cm³/mol. The largest absolute Gasteiger partial charge is 2.00 e. The molecule has 4 aromatic carbocycles. The van der Waals surface area contributed by atoms with Gasteiger partial charge in [0.15, 0.2) is 0 Å². The maximum Gasteiger partial charge on any atom is 2.00 e. The standard InChI is InChI=1S/C26H20.4C2H3N3.2C2H4O2.Cu/c1-5-13-21(14-6-1)25(22-15-7-2-8-16-22)26(23-17-9-3-10-18-23)24-19-11-4-12-20-24;4*1-2-4-5-3-1;2*1-2(3)4;/h1-20H;4*1-2H,(H,3,4,5);2*1H3,(H,3,4);/q;;;;;;;+2/p-2. The van der Waals surface area contributed by atoms with E-state index in [4.69, 9.17) is 19.8 Å². The first-order valence-corrected chi connectivity index (χ1v) is 15.9. The molecule has 8 rings (SSSR count). The van der Waals surface area contributed by atoms with Crippen molar-refractivity contribution in [1.82, 2.24) is 61.6 Å². The number of carbonyl (C=O) groups excluding carboxylic acids is 2. The Bertz CT molecular complexity index is 1660. The van der Waals surface area contributed by atoms with Crippen LogP contribution in [0.1, 0.15) is 36.1 Å². The summed E-state index contributed by atoms with van der Waals surface area (Å²) in [6.45, 7) is 1.94. The van der Waals surface area contributed by atoms with Crippen LogP contribution >= 0.6 is 0 Å². The van der Waals surface area contributed by atoms with Crippen molar-refractivity contribution in [2.45, 2.75) is 13.8 Å². The van der Waals surface area contributed by atoms with Crippen LogP contribution in [0.15, 0.2) is 171 Å². The molecule has 0 amide bonds. The third-order valence-corrected chi connectivity index (χ3v) is 5.82. The SMILES string of the molecule is CC(=O)[O-].CC(=O)[O-].[Cu+2].c1c[nH]nn1.c1c[nH]nn1.c1c[nH]nn1.c1c[nH]nn1.c1ccc(C(=C(c2ccccc2)c2ccccc2)c2ccccc2)cc1. The summed E-state index contributed by atoms with van der Waals surface area (Å²) in [5.74, 6) is -2.17. The van der Waals surface area contributed by atoms with E-state index in [1.807, 2.05) is 0 Å². The van der Waals surface area contributed by atoms with Gasteiger partial charge in [-0.05, 0) is 47.2 Å². The van der Waals surface area contributed by atoms with E-state index < -0.39 is 11.9 Å². The molecule has 0 bridgehead atoms. The number of H-pyrrole nitrogens is 4.